The molecule has 0 saturated carbocycles. The fraction of sp³-hybridized carbons (Fsp3) is 0.739. The highest BCUT2D eigenvalue weighted by atomic mass is 32.2. The SMILES string of the molecule is CCCCCCCCCCCCC[N+](C)(C)CO.Cc1ccc(S(=O)(=O)[O-])cc1. The van der Waals surface area contributed by atoms with Crippen molar-refractivity contribution in [2.45, 2.75) is 89.4 Å². The molecule has 0 aliphatic carbocycles. The molecule has 0 unspecified atom stereocenters. The molecule has 1 N–H and O–H groups in total. The molecule has 1 aromatic carbocycles. The molecule has 170 valence electrons. The first-order valence-electron chi connectivity index (χ1n) is 11.1. The van der Waals surface area contributed by atoms with Gasteiger partial charge in [-0.15, -0.1) is 0 Å². The molecule has 0 saturated heterocycles. The standard InChI is InChI=1S/C16H36NO.C7H8O3S/c1-4-5-6-7-8-9-10-11-12-13-14-15-17(2,3)16-18;1-6-2-4-7(5-3-6)11(8,9)10/h18H,4-16H2,1-3H3;2-5H,1H3,(H,8,9,10)/q+1;/p-1. The molecular weight excluding hydrogens is 386 g/mol. The number of hydrogen-bond donors (Lipinski definition) is 1. The van der Waals surface area contributed by atoms with E-state index in [2.05, 4.69) is 21.0 Å². The smallest absolute Gasteiger partial charge is 0.179 e. The summed E-state index contributed by atoms with van der Waals surface area (Å²) in [5, 5.41) is 9.13. The summed E-state index contributed by atoms with van der Waals surface area (Å²) in [5.74, 6) is 0. The van der Waals surface area contributed by atoms with Crippen molar-refractivity contribution in [2.24, 2.45) is 0 Å². The maximum atomic E-state index is 10.4. The Morgan fingerprint density at radius 2 is 1.24 bits per heavy atom. The Morgan fingerprint density at radius 1 is 0.828 bits per heavy atom. The van der Waals surface area contributed by atoms with Crippen molar-refractivity contribution in [3.8, 4) is 0 Å². The maximum Gasteiger partial charge on any atom is 0.179 e. The highest BCUT2D eigenvalue weighted by Gasteiger charge is 2.11. The van der Waals surface area contributed by atoms with E-state index in [4.69, 9.17) is 5.11 Å². The number of rotatable bonds is 14. The summed E-state index contributed by atoms with van der Waals surface area (Å²) in [7, 11) is -0.0825. The third-order valence-corrected chi connectivity index (χ3v) is 5.91. The number of aryl methyl sites for hydroxylation is 1. The minimum absolute atomic E-state index is 0.178. The van der Waals surface area contributed by atoms with Crippen LogP contribution in [-0.4, -0.2) is 49.9 Å². The van der Waals surface area contributed by atoms with Crippen molar-refractivity contribution < 1.29 is 22.6 Å². The fourth-order valence-electron chi connectivity index (χ4n) is 2.98. The third kappa shape index (κ3) is 16.5. The molecule has 5 nitrogen and oxygen atoms in total. The van der Waals surface area contributed by atoms with Crippen molar-refractivity contribution in [3.05, 3.63) is 29.8 Å². The molecule has 0 heterocycles. The van der Waals surface area contributed by atoms with Crippen LogP contribution >= 0.6 is 0 Å². The van der Waals surface area contributed by atoms with Gasteiger partial charge in [0.1, 0.15) is 10.1 Å². The van der Waals surface area contributed by atoms with Crippen LogP contribution in [-0.2, 0) is 10.1 Å². The van der Waals surface area contributed by atoms with Gasteiger partial charge in [0.05, 0.1) is 25.5 Å². The molecule has 0 aliphatic rings. The molecule has 0 bridgehead atoms. The van der Waals surface area contributed by atoms with Crippen LogP contribution in [0.15, 0.2) is 29.2 Å². The van der Waals surface area contributed by atoms with E-state index in [1.165, 1.54) is 82.8 Å². The molecule has 0 amide bonds. The van der Waals surface area contributed by atoms with Gasteiger partial charge in [0.25, 0.3) is 0 Å². The second-order valence-corrected chi connectivity index (χ2v) is 9.98. The van der Waals surface area contributed by atoms with E-state index in [1.54, 1.807) is 12.1 Å². The van der Waals surface area contributed by atoms with Gasteiger partial charge in [0.15, 0.2) is 6.73 Å². The van der Waals surface area contributed by atoms with Gasteiger partial charge in [-0.05, 0) is 31.9 Å². The van der Waals surface area contributed by atoms with Gasteiger partial charge < -0.3 is 14.1 Å². The fourth-order valence-corrected chi connectivity index (χ4v) is 3.45. The molecule has 0 spiro atoms. The van der Waals surface area contributed by atoms with E-state index in [9.17, 15) is 13.0 Å². The number of hydrogen-bond acceptors (Lipinski definition) is 4. The van der Waals surface area contributed by atoms with Crippen LogP contribution in [0.5, 0.6) is 0 Å². The van der Waals surface area contributed by atoms with Crippen molar-refractivity contribution in [2.75, 3.05) is 27.4 Å². The van der Waals surface area contributed by atoms with Gasteiger partial charge in [-0.25, -0.2) is 8.42 Å². The molecule has 1 rings (SSSR count). The van der Waals surface area contributed by atoms with Crippen molar-refractivity contribution >= 4 is 10.1 Å². The Bertz CT molecular complexity index is 612. The van der Waals surface area contributed by atoms with E-state index in [0.29, 0.717) is 0 Å². The molecule has 1 aromatic rings. The molecule has 29 heavy (non-hydrogen) atoms. The summed E-state index contributed by atoms with van der Waals surface area (Å²) in [5.41, 5.74) is 0.928. The van der Waals surface area contributed by atoms with Crippen molar-refractivity contribution in [3.63, 3.8) is 0 Å². The maximum absolute atomic E-state index is 10.4. The molecule has 0 aliphatic heterocycles. The highest BCUT2D eigenvalue weighted by molar-refractivity contribution is 7.85. The number of benzene rings is 1. The number of nitrogens with zero attached hydrogens (tertiary/aromatic N) is 1. The van der Waals surface area contributed by atoms with Gasteiger partial charge in [0, 0.05) is 0 Å². The summed E-state index contributed by atoms with van der Waals surface area (Å²) < 4.78 is 31.9. The average molecular weight is 430 g/mol. The molecule has 0 fully saturated rings. The van der Waals surface area contributed by atoms with Crippen LogP contribution in [0.3, 0.4) is 0 Å². The topological polar surface area (TPSA) is 77.4 Å². The summed E-state index contributed by atoms with van der Waals surface area (Å²) in [4.78, 5) is -0.178. The largest absolute Gasteiger partial charge is 0.744 e. The zero-order valence-electron chi connectivity index (χ0n) is 19.0. The molecule has 0 atom stereocenters. The van der Waals surface area contributed by atoms with E-state index < -0.39 is 10.1 Å². The minimum atomic E-state index is -4.27. The second kappa shape index (κ2) is 15.8. The zero-order valence-corrected chi connectivity index (χ0v) is 19.8. The Hall–Kier alpha value is -0.950. The highest BCUT2D eigenvalue weighted by Crippen LogP contribution is 2.12. The van der Waals surface area contributed by atoms with Gasteiger partial charge in [-0.2, -0.15) is 0 Å². The Labute approximate surface area is 179 Å². The first kappa shape index (κ1) is 28.1. The van der Waals surface area contributed by atoms with Crippen LogP contribution in [0.1, 0.15) is 83.1 Å². The molecule has 6 heteroatoms. The Kier molecular flexibility index (Phi) is 15.3. The lowest BCUT2D eigenvalue weighted by Crippen LogP contribution is -2.41. The Balaban J connectivity index is 0.000000604. The molecule has 0 radical (unpaired) electrons. The van der Waals surface area contributed by atoms with Gasteiger partial charge in [0.2, 0.25) is 0 Å². The lowest BCUT2D eigenvalue weighted by Gasteiger charge is -2.26. The predicted octanol–water partition coefficient (Wildman–Crippen LogP) is 5.22. The second-order valence-electron chi connectivity index (χ2n) is 8.60. The average Bonchev–Trinajstić information content (AvgIpc) is 2.66. The number of unbranched alkanes of at least 4 members (excludes halogenated alkanes) is 10. The summed E-state index contributed by atoms with van der Waals surface area (Å²) >= 11 is 0. The lowest BCUT2D eigenvalue weighted by molar-refractivity contribution is -0.909. The van der Waals surface area contributed by atoms with E-state index >= 15 is 0 Å². The summed E-state index contributed by atoms with van der Waals surface area (Å²) in [6.07, 6.45) is 15.3. The van der Waals surface area contributed by atoms with Crippen LogP contribution in [0.4, 0.5) is 0 Å². The van der Waals surface area contributed by atoms with Gasteiger partial charge >= 0.3 is 0 Å². The normalized spacial score (nSPS) is 11.8. The first-order valence-corrected chi connectivity index (χ1v) is 12.5. The van der Waals surface area contributed by atoms with E-state index in [0.717, 1.165) is 16.6 Å². The van der Waals surface area contributed by atoms with Crippen LogP contribution in [0.25, 0.3) is 0 Å². The number of quaternary nitrogens is 1. The van der Waals surface area contributed by atoms with E-state index in [1.807, 2.05) is 6.92 Å². The van der Waals surface area contributed by atoms with Gasteiger partial charge in [-0.1, -0.05) is 82.4 Å². The molecule has 0 aromatic heterocycles. The minimum Gasteiger partial charge on any atom is -0.744 e. The molecular formula is C23H43NO4S. The lowest BCUT2D eigenvalue weighted by atomic mass is 10.1. The van der Waals surface area contributed by atoms with Crippen LogP contribution in [0, 0.1) is 6.92 Å². The first-order chi connectivity index (χ1) is 13.6. The van der Waals surface area contributed by atoms with Crippen LogP contribution in [0.2, 0.25) is 0 Å². The Morgan fingerprint density at radius 3 is 1.62 bits per heavy atom. The van der Waals surface area contributed by atoms with Crippen molar-refractivity contribution in [1.82, 2.24) is 0 Å². The zero-order chi connectivity index (χ0) is 22.2. The number of aliphatic hydroxyl groups excluding tert-OH is 1. The quantitative estimate of drug-likeness (QED) is 0.190. The summed E-state index contributed by atoms with van der Waals surface area (Å²) in [6, 6.07) is 5.78. The summed E-state index contributed by atoms with van der Waals surface area (Å²) in [6.45, 7) is 5.46. The van der Waals surface area contributed by atoms with Gasteiger partial charge in [-0.3, -0.25) is 0 Å². The van der Waals surface area contributed by atoms with Crippen molar-refractivity contribution in [1.29, 1.82) is 0 Å². The monoisotopic (exact) mass is 429 g/mol. The third-order valence-electron chi connectivity index (χ3n) is 5.06. The van der Waals surface area contributed by atoms with E-state index in [-0.39, 0.29) is 11.6 Å². The predicted molar refractivity (Wildman–Crippen MR) is 120 cm³/mol. The van der Waals surface area contributed by atoms with Crippen LogP contribution < -0.4 is 0 Å². The number of aliphatic hydroxyl groups is 1.